The van der Waals surface area contributed by atoms with Gasteiger partial charge >= 0.3 is 11.9 Å². The van der Waals surface area contributed by atoms with Gasteiger partial charge < -0.3 is 10.1 Å². The van der Waals surface area contributed by atoms with Gasteiger partial charge in [-0.05, 0) is 29.8 Å². The Labute approximate surface area is 207 Å². The van der Waals surface area contributed by atoms with Crippen LogP contribution in [-0.2, 0) is 18.4 Å². The predicted molar refractivity (Wildman–Crippen MR) is 131 cm³/mol. The normalized spacial score (nSPS) is 11.8. The molecule has 0 saturated carbocycles. The number of aromatic nitrogens is 5. The molecule has 12 heteroatoms. The summed E-state index contributed by atoms with van der Waals surface area (Å²) in [7, 11) is 3.30. The van der Waals surface area contributed by atoms with Gasteiger partial charge in [-0.2, -0.15) is 18.3 Å². The van der Waals surface area contributed by atoms with E-state index in [1.807, 2.05) is 13.1 Å². The van der Waals surface area contributed by atoms with Crippen LogP contribution >= 0.6 is 0 Å². The standard InChI is InChI=1S/C25H21F3N6O3/c1-32-21-12-29-10-16(17(21)11-31-32)15-7-8-20(22(9-15)37-2)34-19-6-4-3-5-18(19)33(24(34)36)13-23(35)30-14-25(26,27)28/h3-12H,13-14H2,1-2H3,(H,30,35). The highest BCUT2D eigenvalue weighted by Crippen LogP contribution is 2.33. The number of carbonyl (C=O) groups excluding carboxylic acids is 1. The molecule has 3 aromatic heterocycles. The van der Waals surface area contributed by atoms with E-state index < -0.39 is 30.9 Å². The summed E-state index contributed by atoms with van der Waals surface area (Å²) in [5, 5.41) is 6.99. The van der Waals surface area contributed by atoms with Gasteiger partial charge in [-0.15, -0.1) is 0 Å². The first-order valence-electron chi connectivity index (χ1n) is 11.2. The first-order chi connectivity index (χ1) is 17.7. The van der Waals surface area contributed by atoms with Crippen molar-refractivity contribution in [1.82, 2.24) is 29.2 Å². The zero-order valence-corrected chi connectivity index (χ0v) is 19.8. The van der Waals surface area contributed by atoms with Crippen molar-refractivity contribution in [1.29, 1.82) is 0 Å². The number of fused-ring (bicyclic) bond motifs is 2. The van der Waals surface area contributed by atoms with Crippen molar-refractivity contribution < 1.29 is 22.7 Å². The lowest BCUT2D eigenvalue weighted by molar-refractivity contribution is -0.138. The Kier molecular flexibility index (Phi) is 5.94. The zero-order valence-electron chi connectivity index (χ0n) is 19.8. The predicted octanol–water partition coefficient (Wildman–Crippen LogP) is 3.43. The molecule has 37 heavy (non-hydrogen) atoms. The monoisotopic (exact) mass is 510 g/mol. The van der Waals surface area contributed by atoms with Gasteiger partial charge in [-0.3, -0.25) is 23.6 Å². The van der Waals surface area contributed by atoms with Crippen LogP contribution < -0.4 is 15.7 Å². The summed E-state index contributed by atoms with van der Waals surface area (Å²) in [4.78, 5) is 30.0. The number of ether oxygens (including phenoxy) is 1. The first-order valence-corrected chi connectivity index (χ1v) is 11.2. The quantitative estimate of drug-likeness (QED) is 0.378. The van der Waals surface area contributed by atoms with E-state index in [1.54, 1.807) is 65.0 Å². The van der Waals surface area contributed by atoms with Gasteiger partial charge in [-0.1, -0.05) is 18.2 Å². The lowest BCUT2D eigenvalue weighted by atomic mass is 10.0. The van der Waals surface area contributed by atoms with E-state index in [4.69, 9.17) is 4.74 Å². The molecule has 0 unspecified atom stereocenters. The minimum Gasteiger partial charge on any atom is -0.495 e. The van der Waals surface area contributed by atoms with Crippen LogP contribution in [0.1, 0.15) is 0 Å². The van der Waals surface area contributed by atoms with Crippen molar-refractivity contribution in [2.24, 2.45) is 7.05 Å². The summed E-state index contributed by atoms with van der Waals surface area (Å²) in [6, 6.07) is 12.0. The van der Waals surface area contributed by atoms with Gasteiger partial charge in [0.05, 0.1) is 41.7 Å². The van der Waals surface area contributed by atoms with Crippen LogP contribution in [-0.4, -0.2) is 49.6 Å². The molecule has 0 aliphatic heterocycles. The second-order valence-corrected chi connectivity index (χ2v) is 8.36. The second-order valence-electron chi connectivity index (χ2n) is 8.36. The molecule has 0 atom stereocenters. The van der Waals surface area contributed by atoms with Gasteiger partial charge in [-0.25, -0.2) is 4.79 Å². The van der Waals surface area contributed by atoms with Gasteiger partial charge in [0.25, 0.3) is 0 Å². The number of amides is 1. The maximum atomic E-state index is 13.5. The fraction of sp³-hybridized carbons (Fsp3) is 0.200. The van der Waals surface area contributed by atoms with Gasteiger partial charge in [0.15, 0.2) is 0 Å². The fourth-order valence-electron chi connectivity index (χ4n) is 4.31. The maximum absolute atomic E-state index is 13.5. The maximum Gasteiger partial charge on any atom is 0.405 e. The Hall–Kier alpha value is -4.61. The molecule has 2 aromatic carbocycles. The molecule has 0 aliphatic carbocycles. The van der Waals surface area contributed by atoms with E-state index in [1.165, 1.54) is 11.7 Å². The fourth-order valence-corrected chi connectivity index (χ4v) is 4.31. The Bertz CT molecular complexity index is 1700. The van der Waals surface area contributed by atoms with Crippen LogP contribution in [0.2, 0.25) is 0 Å². The van der Waals surface area contributed by atoms with Crippen molar-refractivity contribution in [3.8, 4) is 22.6 Å². The molecule has 0 saturated heterocycles. The number of carbonyl (C=O) groups is 1. The van der Waals surface area contributed by atoms with Crippen molar-refractivity contribution in [2.75, 3.05) is 13.7 Å². The number of nitrogens with zero attached hydrogens (tertiary/aromatic N) is 5. The minimum absolute atomic E-state index is 0.380. The number of pyridine rings is 1. The van der Waals surface area contributed by atoms with Gasteiger partial charge in [0, 0.05) is 24.2 Å². The molecule has 0 radical (unpaired) electrons. The molecule has 5 aromatic rings. The Morgan fingerprint density at radius 3 is 2.54 bits per heavy atom. The second kappa shape index (κ2) is 9.12. The van der Waals surface area contributed by atoms with Crippen molar-refractivity contribution in [3.63, 3.8) is 0 Å². The van der Waals surface area contributed by atoms with Gasteiger partial charge in [0.1, 0.15) is 18.8 Å². The zero-order chi connectivity index (χ0) is 26.3. The summed E-state index contributed by atoms with van der Waals surface area (Å²) in [5.41, 5.74) is 3.15. The molecule has 3 heterocycles. The Balaban J connectivity index is 1.60. The molecule has 9 nitrogen and oxygen atoms in total. The average molecular weight is 510 g/mol. The highest BCUT2D eigenvalue weighted by Gasteiger charge is 2.28. The van der Waals surface area contributed by atoms with E-state index in [2.05, 4.69) is 10.1 Å². The summed E-state index contributed by atoms with van der Waals surface area (Å²) >= 11 is 0. The number of benzene rings is 2. The molecular weight excluding hydrogens is 489 g/mol. The van der Waals surface area contributed by atoms with E-state index >= 15 is 0 Å². The number of rotatable bonds is 6. The average Bonchev–Trinajstić information content (AvgIpc) is 3.39. The summed E-state index contributed by atoms with van der Waals surface area (Å²) in [6.45, 7) is -2.05. The SMILES string of the molecule is COc1cc(-c2cncc3c2cnn3C)ccc1-n1c(=O)n(CC(=O)NCC(F)(F)F)c2ccccc21. The largest absolute Gasteiger partial charge is 0.495 e. The number of halogens is 3. The van der Waals surface area contributed by atoms with E-state index in [0.29, 0.717) is 22.5 Å². The van der Waals surface area contributed by atoms with Crippen LogP contribution in [0, 0.1) is 0 Å². The van der Waals surface area contributed by atoms with Crippen LogP contribution in [0.3, 0.4) is 0 Å². The number of imidazole rings is 1. The lowest BCUT2D eigenvalue weighted by Crippen LogP contribution is -2.37. The first kappa shape index (κ1) is 24.1. The summed E-state index contributed by atoms with van der Waals surface area (Å²) in [6.07, 6.45) is 0.626. The van der Waals surface area contributed by atoms with Crippen LogP contribution in [0.5, 0.6) is 5.75 Å². The van der Waals surface area contributed by atoms with Crippen LogP contribution in [0.25, 0.3) is 38.8 Å². The van der Waals surface area contributed by atoms with Crippen LogP contribution in [0.15, 0.2) is 65.8 Å². The number of alkyl halides is 3. The number of aryl methyl sites for hydroxylation is 1. The number of para-hydroxylation sites is 2. The Morgan fingerprint density at radius 1 is 1.05 bits per heavy atom. The van der Waals surface area contributed by atoms with Crippen LogP contribution in [0.4, 0.5) is 13.2 Å². The molecule has 0 bridgehead atoms. The third-order valence-corrected chi connectivity index (χ3v) is 6.03. The number of nitrogens with one attached hydrogen (secondary N) is 1. The summed E-state index contributed by atoms with van der Waals surface area (Å²) < 4.78 is 47.4. The highest BCUT2D eigenvalue weighted by atomic mass is 19.4. The molecule has 1 N–H and O–H groups in total. The number of hydrogen-bond donors (Lipinski definition) is 1. The molecule has 0 spiro atoms. The van der Waals surface area contributed by atoms with Crippen molar-refractivity contribution in [2.45, 2.75) is 12.7 Å². The minimum atomic E-state index is -4.56. The molecule has 5 rings (SSSR count). The third-order valence-electron chi connectivity index (χ3n) is 6.03. The molecular formula is C25H21F3N6O3. The van der Waals surface area contributed by atoms with E-state index in [-0.39, 0.29) is 0 Å². The smallest absolute Gasteiger partial charge is 0.405 e. The molecule has 0 aliphatic rings. The van der Waals surface area contributed by atoms with E-state index in [0.717, 1.165) is 26.6 Å². The molecule has 190 valence electrons. The number of hydrogen-bond acceptors (Lipinski definition) is 5. The van der Waals surface area contributed by atoms with Crippen molar-refractivity contribution >= 4 is 27.8 Å². The third kappa shape index (κ3) is 4.41. The molecule has 1 amide bonds. The highest BCUT2D eigenvalue weighted by molar-refractivity contribution is 5.94. The topological polar surface area (TPSA) is 96.0 Å². The van der Waals surface area contributed by atoms with E-state index in [9.17, 15) is 22.8 Å². The molecule has 0 fully saturated rings. The summed E-state index contributed by atoms with van der Waals surface area (Å²) in [5.74, 6) is -0.549. The number of methoxy groups -OCH3 is 1. The Morgan fingerprint density at radius 2 is 1.81 bits per heavy atom. The van der Waals surface area contributed by atoms with Crippen molar-refractivity contribution in [3.05, 3.63) is 71.5 Å². The van der Waals surface area contributed by atoms with Gasteiger partial charge in [0.2, 0.25) is 5.91 Å². The lowest BCUT2D eigenvalue weighted by Gasteiger charge is -2.12.